The summed E-state index contributed by atoms with van der Waals surface area (Å²) in [4.78, 5) is 24.1. The molecule has 0 spiro atoms. The van der Waals surface area contributed by atoms with Gasteiger partial charge in [-0.25, -0.2) is 0 Å². The number of alkyl halides is 3. The van der Waals surface area contributed by atoms with Gasteiger partial charge in [-0.15, -0.1) is 0 Å². The quantitative estimate of drug-likeness (QED) is 0.899. The summed E-state index contributed by atoms with van der Waals surface area (Å²) in [5, 5.41) is 6.14. The smallest absolute Gasteiger partial charge is 0.351 e. The van der Waals surface area contributed by atoms with Gasteiger partial charge >= 0.3 is 6.18 Å². The topological polar surface area (TPSA) is 75.4 Å². The van der Waals surface area contributed by atoms with Gasteiger partial charge in [-0.05, 0) is 19.8 Å². The van der Waals surface area contributed by atoms with E-state index in [1.807, 2.05) is 0 Å². The molecule has 22 heavy (non-hydrogen) atoms. The van der Waals surface area contributed by atoms with Gasteiger partial charge in [0.15, 0.2) is 0 Å². The molecule has 2 unspecified atom stereocenters. The fourth-order valence-electron chi connectivity index (χ4n) is 2.50. The number of carbonyl (C=O) groups is 2. The van der Waals surface area contributed by atoms with Crippen LogP contribution in [0.1, 0.15) is 36.0 Å². The summed E-state index contributed by atoms with van der Waals surface area (Å²) in [5.41, 5.74) is 0.524. The van der Waals surface area contributed by atoms with Gasteiger partial charge in [-0.2, -0.15) is 13.2 Å². The Morgan fingerprint density at radius 3 is 2.59 bits per heavy atom. The number of carbonyl (C=O) groups excluding carboxylic acids is 2. The molecule has 122 valence electrons. The molecule has 2 atom stereocenters. The minimum atomic E-state index is -4.47. The van der Waals surface area contributed by atoms with Crippen LogP contribution >= 0.6 is 0 Å². The summed E-state index contributed by atoms with van der Waals surface area (Å²) in [6.45, 7) is 2.55. The van der Waals surface area contributed by atoms with Gasteiger partial charge in [-0.1, -0.05) is 5.16 Å². The van der Waals surface area contributed by atoms with E-state index in [2.05, 4.69) is 10.5 Å². The number of nitrogens with one attached hydrogen (secondary N) is 1. The number of nitrogens with zero attached hydrogens (tertiary/aromatic N) is 2. The lowest BCUT2D eigenvalue weighted by molar-refractivity contribution is -0.196. The van der Waals surface area contributed by atoms with E-state index in [0.29, 0.717) is 5.69 Å². The maximum absolute atomic E-state index is 12.9. The monoisotopic (exact) mass is 319 g/mol. The van der Waals surface area contributed by atoms with Gasteiger partial charge in [0, 0.05) is 25.6 Å². The van der Waals surface area contributed by atoms with Gasteiger partial charge in [-0.3, -0.25) is 9.59 Å². The predicted molar refractivity (Wildman–Crippen MR) is 69.0 cm³/mol. The fraction of sp³-hybridized carbons (Fsp3) is 0.615. The number of likely N-dealkylation sites (tertiary alicyclic amines) is 1. The number of hydrogen-bond acceptors (Lipinski definition) is 4. The zero-order valence-corrected chi connectivity index (χ0v) is 12.1. The number of rotatable bonds is 2. The molecule has 1 aliphatic heterocycles. The Morgan fingerprint density at radius 2 is 2.09 bits per heavy atom. The largest absolute Gasteiger partial charge is 0.408 e. The average Bonchev–Trinajstić information content (AvgIpc) is 2.84. The summed E-state index contributed by atoms with van der Waals surface area (Å²) < 4.78 is 43.5. The van der Waals surface area contributed by atoms with Crippen LogP contribution in [0.15, 0.2) is 10.6 Å². The Morgan fingerprint density at radius 1 is 1.41 bits per heavy atom. The van der Waals surface area contributed by atoms with Gasteiger partial charge in [0.1, 0.15) is 6.04 Å². The van der Waals surface area contributed by atoms with Crippen LogP contribution in [0.25, 0.3) is 0 Å². The van der Waals surface area contributed by atoms with Crippen molar-refractivity contribution in [2.45, 2.75) is 44.9 Å². The summed E-state index contributed by atoms with van der Waals surface area (Å²) in [6.07, 6.45) is -4.58. The molecular formula is C13H16F3N3O3. The van der Waals surface area contributed by atoms with Crippen molar-refractivity contribution in [1.82, 2.24) is 15.4 Å². The molecule has 1 aromatic heterocycles. The highest BCUT2D eigenvalue weighted by atomic mass is 19.4. The third-order valence-corrected chi connectivity index (χ3v) is 3.55. The van der Waals surface area contributed by atoms with Crippen LogP contribution in [0.5, 0.6) is 0 Å². The third-order valence-electron chi connectivity index (χ3n) is 3.55. The Hall–Kier alpha value is -2.06. The summed E-state index contributed by atoms with van der Waals surface area (Å²) in [6, 6.07) is -0.925. The van der Waals surface area contributed by atoms with Crippen LogP contribution in [-0.2, 0) is 4.79 Å². The Balaban J connectivity index is 2.03. The van der Waals surface area contributed by atoms with E-state index < -0.39 is 30.1 Å². The number of amides is 2. The minimum absolute atomic E-state index is 0.00943. The van der Waals surface area contributed by atoms with Gasteiger partial charge in [0.05, 0.1) is 5.69 Å². The summed E-state index contributed by atoms with van der Waals surface area (Å²) >= 11 is 0. The van der Waals surface area contributed by atoms with E-state index in [4.69, 9.17) is 4.52 Å². The number of aryl methyl sites for hydroxylation is 1. The van der Waals surface area contributed by atoms with E-state index in [1.54, 1.807) is 6.92 Å². The van der Waals surface area contributed by atoms with Crippen molar-refractivity contribution in [1.29, 1.82) is 0 Å². The molecule has 0 saturated carbocycles. The zero-order chi connectivity index (χ0) is 16.5. The van der Waals surface area contributed by atoms with Crippen molar-refractivity contribution in [2.24, 2.45) is 0 Å². The highest BCUT2D eigenvalue weighted by Gasteiger charge is 2.47. The second kappa shape index (κ2) is 5.98. The van der Waals surface area contributed by atoms with E-state index in [9.17, 15) is 22.8 Å². The summed E-state index contributed by atoms with van der Waals surface area (Å²) in [7, 11) is 0. The van der Waals surface area contributed by atoms with Crippen LogP contribution in [0.2, 0.25) is 0 Å². The molecule has 9 heteroatoms. The highest BCUT2D eigenvalue weighted by molar-refractivity contribution is 5.91. The third kappa shape index (κ3) is 3.58. The lowest BCUT2D eigenvalue weighted by Crippen LogP contribution is -2.57. The molecule has 2 amide bonds. The molecule has 1 aromatic rings. The van der Waals surface area contributed by atoms with E-state index >= 15 is 0 Å². The van der Waals surface area contributed by atoms with Crippen LogP contribution in [0.4, 0.5) is 13.2 Å². The maximum atomic E-state index is 12.9. The number of hydrogen-bond donors (Lipinski definition) is 1. The lowest BCUT2D eigenvalue weighted by atomic mass is 9.97. The molecule has 2 heterocycles. The Kier molecular flexibility index (Phi) is 4.43. The average molecular weight is 319 g/mol. The summed E-state index contributed by atoms with van der Waals surface area (Å²) in [5.74, 6) is -1.24. The number of halogens is 3. The van der Waals surface area contributed by atoms with Crippen molar-refractivity contribution in [3.05, 3.63) is 17.5 Å². The first-order valence-electron chi connectivity index (χ1n) is 6.76. The molecule has 0 radical (unpaired) electrons. The van der Waals surface area contributed by atoms with Crippen molar-refractivity contribution in [2.75, 3.05) is 6.54 Å². The Bertz CT molecular complexity index is 570. The van der Waals surface area contributed by atoms with E-state index in [1.165, 1.54) is 6.07 Å². The van der Waals surface area contributed by atoms with Crippen molar-refractivity contribution >= 4 is 11.8 Å². The molecule has 0 bridgehead atoms. The van der Waals surface area contributed by atoms with Gasteiger partial charge < -0.3 is 14.7 Å². The number of aromatic nitrogens is 1. The first-order valence-corrected chi connectivity index (χ1v) is 6.76. The van der Waals surface area contributed by atoms with Crippen LogP contribution in [0.3, 0.4) is 0 Å². The normalized spacial score (nSPS) is 22.5. The number of piperidine rings is 1. The molecule has 0 aromatic carbocycles. The molecule has 1 fully saturated rings. The van der Waals surface area contributed by atoms with Gasteiger partial charge in [0.2, 0.25) is 11.7 Å². The Labute approximate surface area is 124 Å². The van der Waals surface area contributed by atoms with Gasteiger partial charge in [0.25, 0.3) is 5.91 Å². The fourth-order valence-corrected chi connectivity index (χ4v) is 2.50. The standard InChI is InChI=1S/C13H16F3N3O3/c1-7-5-10(22-18-7)12(21)17-9-3-4-11(13(14,15)16)19(6-9)8(2)20/h5,9,11H,3-4,6H2,1-2H3,(H,17,21). The molecule has 0 aliphatic carbocycles. The van der Waals surface area contributed by atoms with E-state index in [-0.39, 0.29) is 25.1 Å². The minimum Gasteiger partial charge on any atom is -0.351 e. The second-order valence-corrected chi connectivity index (χ2v) is 5.31. The zero-order valence-electron chi connectivity index (χ0n) is 12.1. The molecule has 2 rings (SSSR count). The van der Waals surface area contributed by atoms with Crippen molar-refractivity contribution in [3.63, 3.8) is 0 Å². The molecule has 1 aliphatic rings. The molecule has 1 saturated heterocycles. The maximum Gasteiger partial charge on any atom is 0.408 e. The van der Waals surface area contributed by atoms with E-state index in [0.717, 1.165) is 11.8 Å². The van der Waals surface area contributed by atoms with Crippen molar-refractivity contribution < 1.29 is 27.3 Å². The van der Waals surface area contributed by atoms with Crippen LogP contribution < -0.4 is 5.32 Å². The first kappa shape index (κ1) is 16.3. The predicted octanol–water partition coefficient (Wildman–Crippen LogP) is 1.65. The van der Waals surface area contributed by atoms with Crippen LogP contribution in [0, 0.1) is 6.92 Å². The van der Waals surface area contributed by atoms with Crippen LogP contribution in [-0.4, -0.2) is 46.7 Å². The molecule has 6 nitrogen and oxygen atoms in total. The first-order chi connectivity index (χ1) is 10.2. The second-order valence-electron chi connectivity index (χ2n) is 5.31. The molecular weight excluding hydrogens is 303 g/mol. The highest BCUT2D eigenvalue weighted by Crippen LogP contribution is 2.32. The molecule has 1 N–H and O–H groups in total. The van der Waals surface area contributed by atoms with Crippen molar-refractivity contribution in [3.8, 4) is 0 Å². The lowest BCUT2D eigenvalue weighted by Gasteiger charge is -2.40. The SMILES string of the molecule is CC(=O)N1CC(NC(=O)c2cc(C)no2)CCC1C(F)(F)F.